The Kier molecular flexibility index (Phi) is 10.2. The number of amides is 2. The Balaban J connectivity index is 2.62. The fraction of sp³-hybridized carbons (Fsp3) is 0.562. The highest BCUT2D eigenvalue weighted by Crippen LogP contribution is 2.04. The number of carbonyl (C=O) groups excluding carboxylic acids is 3. The monoisotopic (exact) mass is 380 g/mol. The summed E-state index contributed by atoms with van der Waals surface area (Å²) in [7, 11) is 0. The summed E-state index contributed by atoms with van der Waals surface area (Å²) < 4.78 is 0. The number of unbranched alkanes of at least 4 members (excludes halogenated alkanes) is 1. The number of carbonyl (C=O) groups is 3. The van der Waals surface area contributed by atoms with Crippen molar-refractivity contribution in [1.82, 2.24) is 20.6 Å². The lowest BCUT2D eigenvalue weighted by Crippen LogP contribution is -2.50. The van der Waals surface area contributed by atoms with Gasteiger partial charge in [0.05, 0.1) is 6.04 Å². The lowest BCUT2D eigenvalue weighted by molar-refractivity contribution is -0.125. The number of aliphatic imine (C=N–C) groups is 1. The summed E-state index contributed by atoms with van der Waals surface area (Å²) >= 11 is 0. The molecule has 1 aromatic heterocycles. The number of imidazole rings is 1. The SMILES string of the molecule is NCCCC[C@H](NC(=O)c1ncc[nH]1)C(=O)N[C@H](C=O)CCCN=C(N)N. The first kappa shape index (κ1) is 22.1. The van der Waals surface area contributed by atoms with Crippen molar-refractivity contribution in [3.63, 3.8) is 0 Å². The number of rotatable bonds is 13. The summed E-state index contributed by atoms with van der Waals surface area (Å²) in [6.07, 6.45) is 6.29. The number of nitrogens with one attached hydrogen (secondary N) is 3. The summed E-state index contributed by atoms with van der Waals surface area (Å²) in [6, 6.07) is -1.49. The summed E-state index contributed by atoms with van der Waals surface area (Å²) in [5, 5.41) is 5.27. The molecule has 0 aliphatic heterocycles. The first-order valence-electron chi connectivity index (χ1n) is 8.79. The fourth-order valence-corrected chi connectivity index (χ4v) is 2.35. The Bertz CT molecular complexity index is 613. The molecule has 0 aliphatic carbocycles. The van der Waals surface area contributed by atoms with Gasteiger partial charge in [-0.15, -0.1) is 0 Å². The zero-order chi connectivity index (χ0) is 20.1. The molecule has 0 bridgehead atoms. The molecule has 0 spiro atoms. The van der Waals surface area contributed by atoms with E-state index < -0.39 is 23.9 Å². The van der Waals surface area contributed by atoms with Crippen molar-refractivity contribution >= 4 is 24.1 Å². The van der Waals surface area contributed by atoms with Gasteiger partial charge in [0.25, 0.3) is 5.91 Å². The average Bonchev–Trinajstić information content (AvgIpc) is 3.18. The molecule has 11 nitrogen and oxygen atoms in total. The van der Waals surface area contributed by atoms with Crippen molar-refractivity contribution in [2.45, 2.75) is 44.2 Å². The molecule has 2 amide bonds. The predicted molar refractivity (Wildman–Crippen MR) is 101 cm³/mol. The molecular weight excluding hydrogens is 352 g/mol. The van der Waals surface area contributed by atoms with Crippen LogP contribution in [0.2, 0.25) is 0 Å². The van der Waals surface area contributed by atoms with Crippen LogP contribution in [-0.4, -0.2) is 59.2 Å². The predicted octanol–water partition coefficient (Wildman–Crippen LogP) is -1.63. The van der Waals surface area contributed by atoms with Crippen LogP contribution in [0.15, 0.2) is 17.4 Å². The third-order valence-electron chi connectivity index (χ3n) is 3.74. The molecular formula is C16H28N8O3. The van der Waals surface area contributed by atoms with Crippen LogP contribution in [0.1, 0.15) is 42.7 Å². The van der Waals surface area contributed by atoms with Crippen LogP contribution in [0.3, 0.4) is 0 Å². The molecule has 150 valence electrons. The van der Waals surface area contributed by atoms with Gasteiger partial charge in [-0.2, -0.15) is 0 Å². The van der Waals surface area contributed by atoms with Crippen LogP contribution < -0.4 is 27.8 Å². The number of hydrogen-bond acceptors (Lipinski definition) is 6. The van der Waals surface area contributed by atoms with E-state index in [9.17, 15) is 14.4 Å². The molecule has 0 saturated heterocycles. The topological polar surface area (TPSA) is 194 Å². The second kappa shape index (κ2) is 12.4. The number of aldehydes is 1. The minimum Gasteiger partial charge on any atom is -0.370 e. The van der Waals surface area contributed by atoms with Crippen LogP contribution in [0.5, 0.6) is 0 Å². The summed E-state index contributed by atoms with van der Waals surface area (Å²) in [6.45, 7) is 0.847. The van der Waals surface area contributed by atoms with E-state index in [1.165, 1.54) is 12.4 Å². The van der Waals surface area contributed by atoms with Crippen molar-refractivity contribution in [1.29, 1.82) is 0 Å². The molecule has 1 aromatic rings. The Morgan fingerprint density at radius 2 is 2.00 bits per heavy atom. The highest BCUT2D eigenvalue weighted by Gasteiger charge is 2.24. The normalized spacial score (nSPS) is 12.6. The van der Waals surface area contributed by atoms with E-state index in [0.717, 1.165) is 6.42 Å². The maximum atomic E-state index is 12.5. The van der Waals surface area contributed by atoms with Crippen molar-refractivity contribution in [3.05, 3.63) is 18.2 Å². The third-order valence-corrected chi connectivity index (χ3v) is 3.74. The molecule has 9 N–H and O–H groups in total. The molecule has 0 unspecified atom stereocenters. The molecule has 0 saturated carbocycles. The van der Waals surface area contributed by atoms with Gasteiger partial charge in [0, 0.05) is 18.9 Å². The maximum absolute atomic E-state index is 12.5. The zero-order valence-corrected chi connectivity index (χ0v) is 15.2. The Morgan fingerprint density at radius 1 is 1.22 bits per heavy atom. The van der Waals surface area contributed by atoms with Crippen LogP contribution in [0.25, 0.3) is 0 Å². The first-order valence-corrected chi connectivity index (χ1v) is 8.79. The molecule has 0 aliphatic rings. The van der Waals surface area contributed by atoms with Gasteiger partial charge in [0.2, 0.25) is 5.91 Å². The Labute approximate surface area is 157 Å². The van der Waals surface area contributed by atoms with Gasteiger partial charge in [-0.25, -0.2) is 4.98 Å². The molecule has 0 fully saturated rings. The molecule has 11 heteroatoms. The molecule has 1 rings (SSSR count). The molecule has 0 radical (unpaired) electrons. The van der Waals surface area contributed by atoms with E-state index in [2.05, 4.69) is 25.6 Å². The Morgan fingerprint density at radius 3 is 2.59 bits per heavy atom. The van der Waals surface area contributed by atoms with E-state index in [4.69, 9.17) is 17.2 Å². The van der Waals surface area contributed by atoms with Crippen molar-refractivity contribution in [2.24, 2.45) is 22.2 Å². The third kappa shape index (κ3) is 8.81. The van der Waals surface area contributed by atoms with Crippen LogP contribution >= 0.6 is 0 Å². The van der Waals surface area contributed by atoms with Gasteiger partial charge in [-0.1, -0.05) is 0 Å². The molecule has 27 heavy (non-hydrogen) atoms. The van der Waals surface area contributed by atoms with E-state index >= 15 is 0 Å². The second-order valence-corrected chi connectivity index (χ2v) is 5.95. The molecule has 1 heterocycles. The quantitative estimate of drug-likeness (QED) is 0.102. The average molecular weight is 380 g/mol. The lowest BCUT2D eigenvalue weighted by Gasteiger charge is -2.20. The molecule has 2 atom stereocenters. The number of nitrogens with zero attached hydrogens (tertiary/aromatic N) is 2. The number of aromatic amines is 1. The van der Waals surface area contributed by atoms with Crippen LogP contribution in [0, 0.1) is 0 Å². The number of hydrogen-bond donors (Lipinski definition) is 6. The van der Waals surface area contributed by atoms with Gasteiger partial charge in [-0.05, 0) is 38.6 Å². The molecule has 0 aromatic carbocycles. The van der Waals surface area contributed by atoms with Gasteiger partial charge in [0.1, 0.15) is 12.3 Å². The van der Waals surface area contributed by atoms with E-state index in [0.29, 0.717) is 45.1 Å². The first-order chi connectivity index (χ1) is 13.0. The largest absolute Gasteiger partial charge is 0.370 e. The van der Waals surface area contributed by atoms with E-state index in [1.807, 2.05) is 0 Å². The van der Waals surface area contributed by atoms with Crippen LogP contribution in [0.4, 0.5) is 0 Å². The zero-order valence-electron chi connectivity index (χ0n) is 15.2. The minimum atomic E-state index is -0.797. The minimum absolute atomic E-state index is 0.0257. The van der Waals surface area contributed by atoms with Gasteiger partial charge in [-0.3, -0.25) is 14.6 Å². The Hall–Kier alpha value is -2.95. The smallest absolute Gasteiger partial charge is 0.287 e. The number of aromatic nitrogens is 2. The lowest BCUT2D eigenvalue weighted by atomic mass is 10.1. The summed E-state index contributed by atoms with van der Waals surface area (Å²) in [5.74, 6) is -0.854. The number of nitrogens with two attached hydrogens (primary N) is 3. The van der Waals surface area contributed by atoms with Crippen molar-refractivity contribution in [2.75, 3.05) is 13.1 Å². The highest BCUT2D eigenvalue weighted by molar-refractivity contribution is 5.95. The van der Waals surface area contributed by atoms with E-state index in [1.54, 1.807) is 0 Å². The van der Waals surface area contributed by atoms with Gasteiger partial charge >= 0.3 is 0 Å². The highest BCUT2D eigenvalue weighted by atomic mass is 16.2. The van der Waals surface area contributed by atoms with Gasteiger partial charge < -0.3 is 37.6 Å². The fourth-order valence-electron chi connectivity index (χ4n) is 2.35. The number of guanidine groups is 1. The summed E-state index contributed by atoms with van der Waals surface area (Å²) in [5.41, 5.74) is 16.0. The van der Waals surface area contributed by atoms with Crippen LogP contribution in [-0.2, 0) is 9.59 Å². The maximum Gasteiger partial charge on any atom is 0.287 e. The number of H-pyrrole nitrogens is 1. The van der Waals surface area contributed by atoms with Crippen molar-refractivity contribution in [3.8, 4) is 0 Å². The standard InChI is InChI=1S/C16H28N8O3/c17-6-2-1-5-12(24-15(27)13-20-8-9-21-13)14(26)23-11(10-25)4-3-7-22-16(18)19/h8-12H,1-7,17H2,(H,20,21)(H,23,26)(H,24,27)(H4,18,19,22)/t11-,12-/m0/s1. The van der Waals surface area contributed by atoms with E-state index in [-0.39, 0.29) is 11.8 Å². The summed E-state index contributed by atoms with van der Waals surface area (Å²) in [4.78, 5) is 46.3. The van der Waals surface area contributed by atoms with Gasteiger partial charge in [0.15, 0.2) is 11.8 Å². The van der Waals surface area contributed by atoms with Crippen molar-refractivity contribution < 1.29 is 14.4 Å². The second-order valence-electron chi connectivity index (χ2n) is 5.95.